The Labute approximate surface area is 126 Å². The molecule has 0 aromatic carbocycles. The average Bonchev–Trinajstić information content (AvgIpc) is 2.91. The van der Waals surface area contributed by atoms with Crippen molar-refractivity contribution < 1.29 is 8.42 Å². The fourth-order valence-electron chi connectivity index (χ4n) is 3.38. The highest BCUT2D eigenvalue weighted by molar-refractivity contribution is 7.86. The van der Waals surface area contributed by atoms with Crippen LogP contribution in [0.4, 0.5) is 0 Å². The van der Waals surface area contributed by atoms with Gasteiger partial charge in [-0.3, -0.25) is 0 Å². The summed E-state index contributed by atoms with van der Waals surface area (Å²) in [7, 11) is -0.128. The number of aryl methyl sites for hydroxylation is 1. The minimum atomic E-state index is -3.32. The third kappa shape index (κ3) is 2.74. The van der Waals surface area contributed by atoms with E-state index in [1.54, 1.807) is 18.4 Å². The molecule has 1 atom stereocenters. The van der Waals surface area contributed by atoms with E-state index in [0.29, 0.717) is 13.1 Å². The molecule has 1 aromatic heterocycles. The normalized spacial score (nSPS) is 24.2. The highest BCUT2D eigenvalue weighted by Crippen LogP contribution is 2.30. The summed E-state index contributed by atoms with van der Waals surface area (Å²) < 4.78 is 29.9. The highest BCUT2D eigenvalue weighted by Gasteiger charge is 2.33. The molecule has 3 rings (SSSR count). The second-order valence-corrected chi connectivity index (χ2v) is 8.35. The topological polar surface area (TPSA) is 58.4 Å². The molecular weight excluding hydrogens is 288 g/mol. The maximum absolute atomic E-state index is 12.3. The molecular formula is C14H24N4O2S. The van der Waals surface area contributed by atoms with Crippen LogP contribution < -0.4 is 0 Å². The van der Waals surface area contributed by atoms with Crippen LogP contribution in [0.1, 0.15) is 43.1 Å². The molecule has 1 fully saturated rings. The standard InChI is InChI=1S/C14H24N4O2S/c1-16(2)21(19,20)17-8-5-6-12(11-17)14-15-10-13-7-3-4-9-18(13)14/h10,12H,3-9,11H2,1-2H3/t12-/m0/s1. The monoisotopic (exact) mass is 312 g/mol. The first-order valence-electron chi connectivity index (χ1n) is 7.72. The van der Waals surface area contributed by atoms with Crippen LogP contribution in [-0.4, -0.2) is 53.8 Å². The molecule has 0 unspecified atom stereocenters. The Kier molecular flexibility index (Phi) is 4.07. The Morgan fingerprint density at radius 1 is 1.24 bits per heavy atom. The molecule has 21 heavy (non-hydrogen) atoms. The molecule has 2 aliphatic rings. The van der Waals surface area contributed by atoms with Crippen LogP contribution in [0.15, 0.2) is 6.20 Å². The number of aromatic nitrogens is 2. The van der Waals surface area contributed by atoms with Gasteiger partial charge >= 0.3 is 0 Å². The van der Waals surface area contributed by atoms with E-state index >= 15 is 0 Å². The van der Waals surface area contributed by atoms with Gasteiger partial charge in [-0.1, -0.05) is 0 Å². The van der Waals surface area contributed by atoms with E-state index in [1.807, 2.05) is 6.20 Å². The zero-order valence-corrected chi connectivity index (χ0v) is 13.6. The molecule has 1 aromatic rings. The van der Waals surface area contributed by atoms with Crippen molar-refractivity contribution >= 4 is 10.2 Å². The first-order chi connectivity index (χ1) is 10.00. The van der Waals surface area contributed by atoms with E-state index in [9.17, 15) is 8.42 Å². The second kappa shape index (κ2) is 5.70. The number of fused-ring (bicyclic) bond motifs is 1. The van der Waals surface area contributed by atoms with Gasteiger partial charge in [-0.25, -0.2) is 4.98 Å². The molecule has 2 aliphatic heterocycles. The van der Waals surface area contributed by atoms with Crippen molar-refractivity contribution in [3.63, 3.8) is 0 Å². The van der Waals surface area contributed by atoms with Crippen molar-refractivity contribution in [2.24, 2.45) is 0 Å². The van der Waals surface area contributed by atoms with Crippen molar-refractivity contribution in [3.8, 4) is 0 Å². The lowest BCUT2D eigenvalue weighted by Gasteiger charge is -2.33. The van der Waals surface area contributed by atoms with Crippen LogP contribution in [0.2, 0.25) is 0 Å². The van der Waals surface area contributed by atoms with Crippen molar-refractivity contribution in [1.82, 2.24) is 18.2 Å². The number of imidazole rings is 1. The van der Waals surface area contributed by atoms with E-state index in [-0.39, 0.29) is 5.92 Å². The van der Waals surface area contributed by atoms with Crippen LogP contribution in [0.25, 0.3) is 0 Å². The van der Waals surface area contributed by atoms with E-state index in [0.717, 1.165) is 31.6 Å². The summed E-state index contributed by atoms with van der Waals surface area (Å²) >= 11 is 0. The van der Waals surface area contributed by atoms with Gasteiger partial charge in [0.2, 0.25) is 0 Å². The van der Waals surface area contributed by atoms with Gasteiger partial charge in [-0.05, 0) is 32.1 Å². The molecule has 6 nitrogen and oxygen atoms in total. The summed E-state index contributed by atoms with van der Waals surface area (Å²) in [6.07, 6.45) is 7.43. The number of hydrogen-bond acceptors (Lipinski definition) is 3. The van der Waals surface area contributed by atoms with Gasteiger partial charge in [-0.15, -0.1) is 0 Å². The quantitative estimate of drug-likeness (QED) is 0.843. The fraction of sp³-hybridized carbons (Fsp3) is 0.786. The maximum Gasteiger partial charge on any atom is 0.281 e. The molecule has 0 N–H and O–H groups in total. The maximum atomic E-state index is 12.3. The Morgan fingerprint density at radius 2 is 2.05 bits per heavy atom. The Hall–Kier alpha value is -0.920. The lowest BCUT2D eigenvalue weighted by atomic mass is 9.98. The number of piperidine rings is 1. The largest absolute Gasteiger partial charge is 0.332 e. The summed E-state index contributed by atoms with van der Waals surface area (Å²) in [4.78, 5) is 4.61. The van der Waals surface area contributed by atoms with Crippen LogP contribution in [-0.2, 0) is 23.2 Å². The van der Waals surface area contributed by atoms with Crippen LogP contribution in [0.3, 0.4) is 0 Å². The summed E-state index contributed by atoms with van der Waals surface area (Å²) in [6.45, 7) is 2.20. The van der Waals surface area contributed by atoms with Gasteiger partial charge in [0.15, 0.2) is 0 Å². The molecule has 0 amide bonds. The molecule has 1 saturated heterocycles. The fourth-order valence-corrected chi connectivity index (χ4v) is 4.57. The number of nitrogens with zero attached hydrogens (tertiary/aromatic N) is 4. The Bertz CT molecular complexity index is 608. The summed E-state index contributed by atoms with van der Waals surface area (Å²) in [5.41, 5.74) is 1.31. The van der Waals surface area contributed by atoms with Crippen LogP contribution >= 0.6 is 0 Å². The average molecular weight is 312 g/mol. The minimum Gasteiger partial charge on any atom is -0.332 e. The van der Waals surface area contributed by atoms with Crippen molar-refractivity contribution in [3.05, 3.63) is 17.7 Å². The summed E-state index contributed by atoms with van der Waals surface area (Å²) in [5, 5.41) is 0. The molecule has 7 heteroatoms. The lowest BCUT2D eigenvalue weighted by molar-refractivity contribution is 0.288. The van der Waals surface area contributed by atoms with Gasteiger partial charge in [0.05, 0.1) is 0 Å². The summed E-state index contributed by atoms with van der Waals surface area (Å²) in [6, 6.07) is 0. The lowest BCUT2D eigenvalue weighted by Crippen LogP contribution is -2.45. The SMILES string of the molecule is CN(C)S(=O)(=O)N1CCC[C@H](c2ncc3n2CCCC3)C1. The molecule has 0 radical (unpaired) electrons. The van der Waals surface area contributed by atoms with Crippen LogP contribution in [0.5, 0.6) is 0 Å². The zero-order chi connectivity index (χ0) is 15.0. The predicted octanol–water partition coefficient (Wildman–Crippen LogP) is 1.21. The first kappa shape index (κ1) is 15.0. The first-order valence-corrected chi connectivity index (χ1v) is 9.11. The van der Waals surface area contributed by atoms with E-state index in [1.165, 1.54) is 22.8 Å². The van der Waals surface area contributed by atoms with E-state index in [2.05, 4.69) is 9.55 Å². The van der Waals surface area contributed by atoms with Gasteiger partial charge < -0.3 is 4.57 Å². The third-order valence-corrected chi connectivity index (χ3v) is 6.48. The molecule has 118 valence electrons. The van der Waals surface area contributed by atoms with Gasteiger partial charge in [0.1, 0.15) is 5.82 Å². The third-order valence-electron chi connectivity index (χ3n) is 4.57. The van der Waals surface area contributed by atoms with Crippen molar-refractivity contribution in [1.29, 1.82) is 0 Å². The van der Waals surface area contributed by atoms with E-state index in [4.69, 9.17) is 0 Å². The van der Waals surface area contributed by atoms with Crippen LogP contribution in [0, 0.1) is 0 Å². The van der Waals surface area contributed by atoms with Gasteiger partial charge in [0, 0.05) is 51.5 Å². The van der Waals surface area contributed by atoms with Gasteiger partial charge in [-0.2, -0.15) is 17.0 Å². The molecule has 0 bridgehead atoms. The number of hydrogen-bond donors (Lipinski definition) is 0. The Balaban J connectivity index is 1.82. The summed E-state index contributed by atoms with van der Waals surface area (Å²) in [5.74, 6) is 1.31. The molecule has 0 aliphatic carbocycles. The Morgan fingerprint density at radius 3 is 2.81 bits per heavy atom. The molecule has 3 heterocycles. The second-order valence-electron chi connectivity index (χ2n) is 6.20. The predicted molar refractivity (Wildman–Crippen MR) is 81.3 cm³/mol. The molecule has 0 saturated carbocycles. The smallest absolute Gasteiger partial charge is 0.281 e. The van der Waals surface area contributed by atoms with Gasteiger partial charge in [0.25, 0.3) is 10.2 Å². The minimum absolute atomic E-state index is 0.223. The van der Waals surface area contributed by atoms with E-state index < -0.39 is 10.2 Å². The zero-order valence-electron chi connectivity index (χ0n) is 12.8. The highest BCUT2D eigenvalue weighted by atomic mass is 32.2. The molecule has 0 spiro atoms. The van der Waals surface area contributed by atoms with Crippen molar-refractivity contribution in [2.45, 2.75) is 44.6 Å². The number of rotatable bonds is 3. The van der Waals surface area contributed by atoms with Crippen molar-refractivity contribution in [2.75, 3.05) is 27.2 Å².